The maximum atomic E-state index is 12.4. The maximum Gasteiger partial charge on any atom is 0.271 e. The third-order valence-corrected chi connectivity index (χ3v) is 4.47. The van der Waals surface area contributed by atoms with Crippen molar-refractivity contribution in [3.63, 3.8) is 0 Å². The van der Waals surface area contributed by atoms with E-state index in [9.17, 15) is 4.79 Å². The highest BCUT2D eigenvalue weighted by Gasteiger charge is 2.49. The number of pyridine rings is 1. The molecule has 2 unspecified atom stereocenters. The predicted molar refractivity (Wildman–Crippen MR) is 83.9 cm³/mol. The van der Waals surface area contributed by atoms with Gasteiger partial charge in [-0.3, -0.25) is 4.79 Å². The molecule has 1 aliphatic rings. The number of halogens is 1. The van der Waals surface area contributed by atoms with Crippen LogP contribution >= 0.6 is 11.6 Å². The molecule has 0 spiro atoms. The fourth-order valence-corrected chi connectivity index (χ4v) is 2.77. The zero-order valence-corrected chi connectivity index (χ0v) is 13.6. The van der Waals surface area contributed by atoms with Gasteiger partial charge >= 0.3 is 0 Å². The normalized spacial score (nSPS) is 23.3. The van der Waals surface area contributed by atoms with Crippen molar-refractivity contribution in [3.05, 3.63) is 22.8 Å². The summed E-state index contributed by atoms with van der Waals surface area (Å²) < 4.78 is 5.67. The molecule has 0 aliphatic heterocycles. The van der Waals surface area contributed by atoms with Crippen LogP contribution in [0.25, 0.3) is 0 Å². The van der Waals surface area contributed by atoms with E-state index in [0.29, 0.717) is 17.4 Å². The van der Waals surface area contributed by atoms with Crippen molar-refractivity contribution in [2.24, 2.45) is 5.41 Å². The first-order chi connectivity index (χ1) is 9.90. The maximum absolute atomic E-state index is 12.4. The Morgan fingerprint density at radius 2 is 2.24 bits per heavy atom. The molecule has 2 rings (SSSR count). The van der Waals surface area contributed by atoms with Crippen LogP contribution in [0.1, 0.15) is 37.7 Å². The molecule has 2 atom stereocenters. The number of rotatable bonds is 5. The lowest BCUT2D eigenvalue weighted by atomic mass is 9.64. The molecule has 5 nitrogen and oxygen atoms in total. The van der Waals surface area contributed by atoms with Crippen LogP contribution in [0.4, 0.5) is 5.82 Å². The van der Waals surface area contributed by atoms with Gasteiger partial charge in [-0.2, -0.15) is 0 Å². The first-order valence-corrected chi connectivity index (χ1v) is 7.54. The van der Waals surface area contributed by atoms with E-state index in [0.717, 1.165) is 6.42 Å². The van der Waals surface area contributed by atoms with Gasteiger partial charge in [0.1, 0.15) is 11.5 Å². The van der Waals surface area contributed by atoms with Crippen molar-refractivity contribution in [3.8, 4) is 0 Å². The van der Waals surface area contributed by atoms with Crippen molar-refractivity contribution in [1.29, 1.82) is 0 Å². The molecule has 1 fully saturated rings. The van der Waals surface area contributed by atoms with Gasteiger partial charge in [0.25, 0.3) is 5.91 Å². The van der Waals surface area contributed by atoms with Crippen molar-refractivity contribution >= 4 is 23.3 Å². The second kappa shape index (κ2) is 6.20. The summed E-state index contributed by atoms with van der Waals surface area (Å²) in [4.78, 5) is 16.6. The number of carbonyl (C=O) groups is 1. The van der Waals surface area contributed by atoms with Gasteiger partial charge < -0.3 is 15.4 Å². The molecule has 116 valence electrons. The quantitative estimate of drug-likeness (QED) is 0.877. The summed E-state index contributed by atoms with van der Waals surface area (Å²) in [6.07, 6.45) is 0.996. The summed E-state index contributed by atoms with van der Waals surface area (Å²) in [6, 6.07) is 3.47. The highest BCUT2D eigenvalue weighted by Crippen LogP contribution is 2.42. The number of aromatic nitrogens is 1. The number of amides is 1. The van der Waals surface area contributed by atoms with Crippen molar-refractivity contribution in [2.75, 3.05) is 19.0 Å². The average molecular weight is 312 g/mol. The van der Waals surface area contributed by atoms with Crippen LogP contribution in [0.15, 0.2) is 12.1 Å². The van der Waals surface area contributed by atoms with Crippen LogP contribution in [-0.4, -0.2) is 36.7 Å². The fraction of sp³-hybridized carbons (Fsp3) is 0.600. The molecule has 0 bridgehead atoms. The molecule has 6 heteroatoms. The summed E-state index contributed by atoms with van der Waals surface area (Å²) in [7, 11) is 1.75. The van der Waals surface area contributed by atoms with E-state index in [2.05, 4.69) is 29.5 Å². The Labute approximate surface area is 130 Å². The van der Waals surface area contributed by atoms with Gasteiger partial charge in [-0.15, -0.1) is 0 Å². The minimum atomic E-state index is -0.245. The fourth-order valence-electron chi connectivity index (χ4n) is 2.58. The molecular weight excluding hydrogens is 290 g/mol. The summed E-state index contributed by atoms with van der Waals surface area (Å²) >= 11 is 6.07. The van der Waals surface area contributed by atoms with E-state index in [-0.39, 0.29) is 29.2 Å². The molecule has 21 heavy (non-hydrogen) atoms. The molecule has 1 aromatic rings. The van der Waals surface area contributed by atoms with E-state index in [1.807, 2.05) is 6.92 Å². The van der Waals surface area contributed by atoms with E-state index in [1.165, 1.54) is 0 Å². The highest BCUT2D eigenvalue weighted by molar-refractivity contribution is 6.33. The Bertz CT molecular complexity index is 534. The Morgan fingerprint density at radius 1 is 1.52 bits per heavy atom. The van der Waals surface area contributed by atoms with Crippen LogP contribution in [0.2, 0.25) is 5.02 Å². The number of hydrogen-bond acceptors (Lipinski definition) is 4. The lowest BCUT2D eigenvalue weighted by Gasteiger charge is -2.51. The molecule has 2 N–H and O–H groups in total. The predicted octanol–water partition coefficient (Wildman–Crippen LogP) is 2.71. The average Bonchev–Trinajstić information content (AvgIpc) is 2.46. The SMILES string of the molecule is CCOC1CC(NC(=O)c2nc(NC)ccc2Cl)C1(C)C. The van der Waals surface area contributed by atoms with Crippen LogP contribution < -0.4 is 10.6 Å². The molecule has 1 amide bonds. The minimum Gasteiger partial charge on any atom is -0.378 e. The van der Waals surface area contributed by atoms with E-state index >= 15 is 0 Å². The zero-order chi connectivity index (χ0) is 15.6. The number of carbonyl (C=O) groups excluding carboxylic acids is 1. The summed E-state index contributed by atoms with van der Waals surface area (Å²) in [5, 5.41) is 6.26. The van der Waals surface area contributed by atoms with E-state index in [4.69, 9.17) is 16.3 Å². The molecule has 1 saturated carbocycles. The number of nitrogens with one attached hydrogen (secondary N) is 2. The van der Waals surface area contributed by atoms with Crippen molar-refractivity contribution in [1.82, 2.24) is 10.3 Å². The Kier molecular flexibility index (Phi) is 4.74. The molecule has 0 saturated heterocycles. The number of ether oxygens (including phenoxy) is 1. The number of nitrogens with zero attached hydrogens (tertiary/aromatic N) is 1. The molecule has 0 radical (unpaired) electrons. The van der Waals surface area contributed by atoms with E-state index in [1.54, 1.807) is 19.2 Å². The van der Waals surface area contributed by atoms with Crippen molar-refractivity contribution in [2.45, 2.75) is 39.3 Å². The van der Waals surface area contributed by atoms with Gasteiger partial charge in [0, 0.05) is 25.1 Å². The largest absolute Gasteiger partial charge is 0.378 e. The summed E-state index contributed by atoms with van der Waals surface area (Å²) in [6.45, 7) is 6.86. The van der Waals surface area contributed by atoms with Crippen LogP contribution in [0, 0.1) is 5.41 Å². The van der Waals surface area contributed by atoms with Gasteiger partial charge in [0.05, 0.1) is 11.1 Å². The Morgan fingerprint density at radius 3 is 2.81 bits per heavy atom. The van der Waals surface area contributed by atoms with Crippen LogP contribution in [0.3, 0.4) is 0 Å². The Balaban J connectivity index is 2.06. The smallest absolute Gasteiger partial charge is 0.271 e. The molecule has 0 aromatic carbocycles. The second-order valence-electron chi connectivity index (χ2n) is 5.80. The number of anilines is 1. The molecule has 1 heterocycles. The van der Waals surface area contributed by atoms with Gasteiger partial charge in [-0.05, 0) is 25.5 Å². The van der Waals surface area contributed by atoms with Gasteiger partial charge in [-0.1, -0.05) is 25.4 Å². The van der Waals surface area contributed by atoms with E-state index < -0.39 is 0 Å². The third kappa shape index (κ3) is 3.14. The summed E-state index contributed by atoms with van der Waals surface area (Å²) in [5.41, 5.74) is 0.165. The van der Waals surface area contributed by atoms with Crippen molar-refractivity contribution < 1.29 is 9.53 Å². The highest BCUT2D eigenvalue weighted by atomic mass is 35.5. The van der Waals surface area contributed by atoms with Gasteiger partial charge in [0.2, 0.25) is 0 Å². The molecule has 1 aliphatic carbocycles. The Hall–Kier alpha value is -1.33. The topological polar surface area (TPSA) is 63.2 Å². The molecule has 1 aromatic heterocycles. The summed E-state index contributed by atoms with van der Waals surface area (Å²) in [5.74, 6) is 0.370. The first kappa shape index (κ1) is 16.0. The lowest BCUT2D eigenvalue weighted by Crippen LogP contribution is -2.62. The first-order valence-electron chi connectivity index (χ1n) is 7.17. The third-order valence-electron chi connectivity index (χ3n) is 4.17. The van der Waals surface area contributed by atoms with Crippen LogP contribution in [0.5, 0.6) is 0 Å². The standard InChI is InChI=1S/C15H22ClN3O2/c1-5-21-11-8-10(15(11,2)3)18-14(20)13-9(16)6-7-12(17-4)19-13/h6-7,10-11H,5,8H2,1-4H3,(H,17,19)(H,18,20). The zero-order valence-electron chi connectivity index (χ0n) is 12.9. The monoisotopic (exact) mass is 311 g/mol. The molecular formula is C15H22ClN3O2. The van der Waals surface area contributed by atoms with Gasteiger partial charge in [0.15, 0.2) is 0 Å². The number of hydrogen-bond donors (Lipinski definition) is 2. The van der Waals surface area contributed by atoms with Gasteiger partial charge in [-0.25, -0.2) is 4.98 Å². The lowest BCUT2D eigenvalue weighted by molar-refractivity contribution is -0.111. The van der Waals surface area contributed by atoms with Crippen LogP contribution in [-0.2, 0) is 4.74 Å². The minimum absolute atomic E-state index is 0.0673. The second-order valence-corrected chi connectivity index (χ2v) is 6.21.